The summed E-state index contributed by atoms with van der Waals surface area (Å²) >= 11 is 0. The fourth-order valence-electron chi connectivity index (χ4n) is 3.16. The molecule has 1 aromatic carbocycles. The number of ether oxygens (including phenoxy) is 2. The minimum absolute atomic E-state index is 0.307. The predicted octanol–water partition coefficient (Wildman–Crippen LogP) is 4.21. The topological polar surface area (TPSA) is 64.6 Å². The molecule has 1 heterocycles. The van der Waals surface area contributed by atoms with E-state index >= 15 is 0 Å². The first-order valence-electron chi connectivity index (χ1n) is 9.19. The van der Waals surface area contributed by atoms with Gasteiger partial charge in [-0.15, -0.1) is 0 Å². The van der Waals surface area contributed by atoms with E-state index in [9.17, 15) is 35.9 Å². The number of rotatable bonds is 6. The van der Waals surface area contributed by atoms with Crippen LogP contribution in [0.25, 0.3) is 0 Å². The molecule has 5 nitrogen and oxygen atoms in total. The van der Waals surface area contributed by atoms with Gasteiger partial charge in [0.25, 0.3) is 0 Å². The summed E-state index contributed by atoms with van der Waals surface area (Å²) in [5.74, 6) is -4.87. The van der Waals surface area contributed by atoms with Crippen LogP contribution in [0.4, 0.5) is 26.3 Å². The maximum absolute atomic E-state index is 13.7. The summed E-state index contributed by atoms with van der Waals surface area (Å²) in [5.41, 5.74) is -5.77. The normalized spacial score (nSPS) is 15.6. The molecule has 0 amide bonds. The Kier molecular flexibility index (Phi) is 7.40. The van der Waals surface area contributed by atoms with Crippen LogP contribution in [0.1, 0.15) is 19.4 Å². The lowest BCUT2D eigenvalue weighted by molar-refractivity contribution is -0.144. The first-order valence-corrected chi connectivity index (χ1v) is 9.19. The Morgan fingerprint density at radius 3 is 1.61 bits per heavy atom. The van der Waals surface area contributed by atoms with Crippen LogP contribution in [-0.4, -0.2) is 37.5 Å². The van der Waals surface area contributed by atoms with E-state index in [-0.39, 0.29) is 13.2 Å². The fraction of sp³-hybridized carbons (Fsp3) is 0.400. The van der Waals surface area contributed by atoms with Crippen LogP contribution in [0.3, 0.4) is 0 Å². The van der Waals surface area contributed by atoms with Crippen molar-refractivity contribution in [1.82, 2.24) is 5.32 Å². The molecule has 0 saturated heterocycles. The van der Waals surface area contributed by atoms with E-state index in [1.807, 2.05) is 0 Å². The SMILES string of the molecule is CCOC(=O)C1=C(C(F)(F)F)NC(C(F)(F)F)=C(C(=O)OCC)C1Cc1ccccc1. The van der Waals surface area contributed by atoms with Crippen LogP contribution < -0.4 is 5.32 Å². The third-order valence-corrected chi connectivity index (χ3v) is 4.33. The van der Waals surface area contributed by atoms with Crippen molar-refractivity contribution in [2.24, 2.45) is 5.92 Å². The molecule has 2 rings (SSSR count). The minimum atomic E-state index is -5.35. The predicted molar refractivity (Wildman–Crippen MR) is 96.2 cm³/mol. The first-order chi connectivity index (χ1) is 14.4. The molecule has 170 valence electrons. The Labute approximate surface area is 173 Å². The number of allylic oxidation sites excluding steroid dienone is 2. The lowest BCUT2D eigenvalue weighted by Gasteiger charge is -2.33. The van der Waals surface area contributed by atoms with Gasteiger partial charge < -0.3 is 14.8 Å². The highest BCUT2D eigenvalue weighted by Crippen LogP contribution is 2.43. The Hall–Kier alpha value is -2.98. The van der Waals surface area contributed by atoms with Crippen molar-refractivity contribution in [3.05, 3.63) is 58.4 Å². The van der Waals surface area contributed by atoms with Crippen LogP contribution in [0, 0.1) is 5.92 Å². The first kappa shape index (κ1) is 24.3. The molecule has 0 unspecified atom stereocenters. The Morgan fingerprint density at radius 1 is 0.839 bits per heavy atom. The van der Waals surface area contributed by atoms with Gasteiger partial charge in [0.15, 0.2) is 0 Å². The largest absolute Gasteiger partial charge is 0.463 e. The molecule has 1 aliphatic heterocycles. The fourth-order valence-corrected chi connectivity index (χ4v) is 3.16. The van der Waals surface area contributed by atoms with Crippen molar-refractivity contribution in [1.29, 1.82) is 0 Å². The molecule has 1 aromatic rings. The highest BCUT2D eigenvalue weighted by Gasteiger charge is 2.52. The van der Waals surface area contributed by atoms with Crippen molar-refractivity contribution in [3.63, 3.8) is 0 Å². The number of dihydropyridines is 1. The quantitative estimate of drug-likeness (QED) is 0.519. The summed E-state index contributed by atoms with van der Waals surface area (Å²) in [4.78, 5) is 24.9. The van der Waals surface area contributed by atoms with Crippen molar-refractivity contribution < 1.29 is 45.4 Å². The molecule has 0 aromatic heterocycles. The number of nitrogens with one attached hydrogen (secondary N) is 1. The molecule has 0 bridgehead atoms. The Bertz CT molecular complexity index is 835. The number of hydrogen-bond donors (Lipinski definition) is 1. The average Bonchev–Trinajstić information content (AvgIpc) is 2.66. The molecular weight excluding hydrogens is 432 g/mol. The van der Waals surface area contributed by atoms with E-state index in [4.69, 9.17) is 9.47 Å². The lowest BCUT2D eigenvalue weighted by atomic mass is 9.80. The van der Waals surface area contributed by atoms with E-state index in [1.54, 1.807) is 6.07 Å². The molecule has 1 N–H and O–H groups in total. The van der Waals surface area contributed by atoms with Crippen molar-refractivity contribution in [3.8, 4) is 0 Å². The van der Waals surface area contributed by atoms with Crippen molar-refractivity contribution in [2.45, 2.75) is 32.6 Å². The molecule has 0 atom stereocenters. The van der Waals surface area contributed by atoms with E-state index in [0.29, 0.717) is 5.56 Å². The van der Waals surface area contributed by atoms with Gasteiger partial charge in [-0.1, -0.05) is 30.3 Å². The van der Waals surface area contributed by atoms with Crippen LogP contribution in [0.2, 0.25) is 0 Å². The second kappa shape index (κ2) is 9.44. The smallest absolute Gasteiger partial charge is 0.431 e. The highest BCUT2D eigenvalue weighted by atomic mass is 19.4. The number of esters is 2. The van der Waals surface area contributed by atoms with Crippen LogP contribution >= 0.6 is 0 Å². The van der Waals surface area contributed by atoms with Gasteiger partial charge in [0.05, 0.1) is 24.4 Å². The zero-order chi connectivity index (χ0) is 23.4. The number of halogens is 6. The van der Waals surface area contributed by atoms with Gasteiger partial charge in [0.2, 0.25) is 0 Å². The second-order valence-corrected chi connectivity index (χ2v) is 6.38. The lowest BCUT2D eigenvalue weighted by Crippen LogP contribution is -2.44. The third-order valence-electron chi connectivity index (χ3n) is 4.33. The molecule has 0 saturated carbocycles. The molecular formula is C20H19F6NO4. The van der Waals surface area contributed by atoms with Crippen LogP contribution in [0.5, 0.6) is 0 Å². The summed E-state index contributed by atoms with van der Waals surface area (Å²) in [5, 5.41) is 1.24. The average molecular weight is 451 g/mol. The van der Waals surface area contributed by atoms with E-state index in [1.165, 1.54) is 43.4 Å². The van der Waals surface area contributed by atoms with Crippen LogP contribution in [0.15, 0.2) is 52.9 Å². The highest BCUT2D eigenvalue weighted by molar-refractivity contribution is 5.98. The van der Waals surface area contributed by atoms with Gasteiger partial charge in [0, 0.05) is 5.92 Å². The maximum Gasteiger partial charge on any atom is 0.431 e. The van der Waals surface area contributed by atoms with Gasteiger partial charge >= 0.3 is 24.3 Å². The maximum atomic E-state index is 13.7. The number of hydrogen-bond acceptors (Lipinski definition) is 5. The molecule has 1 aliphatic rings. The van der Waals surface area contributed by atoms with Gasteiger partial charge in [-0.3, -0.25) is 0 Å². The summed E-state index contributed by atoms with van der Waals surface area (Å²) < 4.78 is 91.6. The Balaban J connectivity index is 2.82. The summed E-state index contributed by atoms with van der Waals surface area (Å²) in [6, 6.07) is 7.54. The molecule has 0 spiro atoms. The molecule has 11 heteroatoms. The van der Waals surface area contributed by atoms with Gasteiger partial charge in [-0.2, -0.15) is 26.3 Å². The minimum Gasteiger partial charge on any atom is -0.463 e. The van der Waals surface area contributed by atoms with E-state index < -0.39 is 59.2 Å². The number of carbonyl (C=O) groups is 2. The standard InChI is InChI=1S/C20H19F6NO4/c1-3-30-17(28)13-12(10-11-8-6-5-7-9-11)14(18(29)31-4-2)16(20(24,25)26)27-15(13)19(21,22)23/h5-9,12,27H,3-4,10H2,1-2H3. The van der Waals surface area contributed by atoms with Gasteiger partial charge in [0.1, 0.15) is 11.4 Å². The van der Waals surface area contributed by atoms with E-state index in [0.717, 1.165) is 0 Å². The molecule has 0 aliphatic carbocycles. The molecule has 31 heavy (non-hydrogen) atoms. The van der Waals surface area contributed by atoms with Crippen molar-refractivity contribution >= 4 is 11.9 Å². The summed E-state index contributed by atoms with van der Waals surface area (Å²) in [6.45, 7) is 2.01. The zero-order valence-corrected chi connectivity index (χ0v) is 16.5. The number of alkyl halides is 6. The van der Waals surface area contributed by atoms with Crippen LogP contribution in [-0.2, 0) is 25.5 Å². The third kappa shape index (κ3) is 5.59. The van der Waals surface area contributed by atoms with Crippen molar-refractivity contribution in [2.75, 3.05) is 13.2 Å². The zero-order valence-electron chi connectivity index (χ0n) is 16.5. The Morgan fingerprint density at radius 2 is 1.26 bits per heavy atom. The summed E-state index contributed by atoms with van der Waals surface area (Å²) in [7, 11) is 0. The van der Waals surface area contributed by atoms with E-state index in [2.05, 4.69) is 0 Å². The molecule has 0 radical (unpaired) electrons. The van der Waals surface area contributed by atoms with Gasteiger partial charge in [-0.05, 0) is 25.8 Å². The monoisotopic (exact) mass is 451 g/mol. The number of benzene rings is 1. The van der Waals surface area contributed by atoms with Gasteiger partial charge in [-0.25, -0.2) is 9.59 Å². The molecule has 0 fully saturated rings. The number of carbonyl (C=O) groups excluding carboxylic acids is 2. The summed E-state index contributed by atoms with van der Waals surface area (Å²) in [6.07, 6.45) is -11.2. The second-order valence-electron chi connectivity index (χ2n) is 6.38.